The molecule has 5 nitrogen and oxygen atoms in total. The van der Waals surface area contributed by atoms with Gasteiger partial charge in [0.25, 0.3) is 5.91 Å². The molecule has 1 aliphatic carbocycles. The second-order valence-corrected chi connectivity index (χ2v) is 8.04. The molecule has 1 N–H and O–H groups in total. The van der Waals surface area contributed by atoms with Crippen molar-refractivity contribution in [2.24, 2.45) is 0 Å². The smallest absolute Gasteiger partial charge is 0.274 e. The zero-order valence-electron chi connectivity index (χ0n) is 15.9. The molecule has 2 aliphatic rings. The van der Waals surface area contributed by atoms with E-state index >= 15 is 0 Å². The van der Waals surface area contributed by atoms with Crippen molar-refractivity contribution in [3.8, 4) is 5.69 Å². The number of piperidine rings is 1. The summed E-state index contributed by atoms with van der Waals surface area (Å²) in [6, 6.07) is 8.09. The van der Waals surface area contributed by atoms with Gasteiger partial charge in [0.05, 0.1) is 5.69 Å². The Morgan fingerprint density at radius 1 is 1.15 bits per heavy atom. The molecule has 1 aromatic carbocycles. The Kier molecular flexibility index (Phi) is 5.50. The van der Waals surface area contributed by atoms with Crippen molar-refractivity contribution < 1.29 is 4.79 Å². The first-order chi connectivity index (χ1) is 13.2. The van der Waals surface area contributed by atoms with Crippen LogP contribution < -0.4 is 5.32 Å². The second-order valence-electron chi connectivity index (χ2n) is 7.60. The van der Waals surface area contributed by atoms with E-state index in [0.717, 1.165) is 62.9 Å². The Hall–Kier alpha value is -1.85. The molecule has 2 heterocycles. The summed E-state index contributed by atoms with van der Waals surface area (Å²) < 4.78 is 1.98. The lowest BCUT2D eigenvalue weighted by atomic mass is 10.0. The summed E-state index contributed by atoms with van der Waals surface area (Å²) in [5.41, 5.74) is 3.97. The van der Waals surface area contributed by atoms with Crippen LogP contribution in [0.5, 0.6) is 0 Å². The first-order valence-electron chi connectivity index (χ1n) is 10.0. The lowest BCUT2D eigenvalue weighted by Crippen LogP contribution is -2.47. The number of nitrogens with zero attached hydrogens (tertiary/aromatic N) is 3. The standard InChI is InChI=1S/C21H27ClN4O/c1-23-16-6-5-13-25(14-16)21(27)20-18-7-3-2-4-8-19(18)26(24-20)17-11-9-15(22)10-12-17/h9-12,16,23H,2-8,13-14H2,1H3. The quantitative estimate of drug-likeness (QED) is 0.819. The van der Waals surface area contributed by atoms with E-state index in [-0.39, 0.29) is 5.91 Å². The van der Waals surface area contributed by atoms with Crippen LogP contribution in [0.3, 0.4) is 0 Å². The molecule has 1 aromatic heterocycles. The van der Waals surface area contributed by atoms with Crippen molar-refractivity contribution in [1.82, 2.24) is 20.0 Å². The predicted octanol–water partition coefficient (Wildman–Crippen LogP) is 3.62. The normalized spacial score (nSPS) is 20.2. The largest absolute Gasteiger partial charge is 0.336 e. The number of fused-ring (bicyclic) bond motifs is 1. The highest BCUT2D eigenvalue weighted by Gasteiger charge is 2.30. The van der Waals surface area contributed by atoms with Crippen LogP contribution in [0.15, 0.2) is 24.3 Å². The molecule has 1 aliphatic heterocycles. The summed E-state index contributed by atoms with van der Waals surface area (Å²) in [5, 5.41) is 8.85. The molecule has 1 unspecified atom stereocenters. The van der Waals surface area contributed by atoms with Crippen LogP contribution in [0.25, 0.3) is 5.69 Å². The van der Waals surface area contributed by atoms with Crippen LogP contribution in [0, 0.1) is 0 Å². The number of nitrogens with one attached hydrogen (secondary N) is 1. The molecule has 1 fully saturated rings. The highest BCUT2D eigenvalue weighted by molar-refractivity contribution is 6.30. The zero-order chi connectivity index (χ0) is 18.8. The van der Waals surface area contributed by atoms with Crippen molar-refractivity contribution in [1.29, 1.82) is 0 Å². The minimum absolute atomic E-state index is 0.0841. The number of halogens is 1. The highest BCUT2D eigenvalue weighted by atomic mass is 35.5. The van der Waals surface area contributed by atoms with Gasteiger partial charge < -0.3 is 10.2 Å². The van der Waals surface area contributed by atoms with Gasteiger partial charge in [0, 0.05) is 35.4 Å². The molecular weight excluding hydrogens is 360 g/mol. The van der Waals surface area contributed by atoms with E-state index in [1.807, 2.05) is 40.9 Å². The van der Waals surface area contributed by atoms with Crippen molar-refractivity contribution in [2.45, 2.75) is 51.0 Å². The number of carbonyl (C=O) groups excluding carboxylic acids is 1. The van der Waals surface area contributed by atoms with Crippen LogP contribution in [-0.2, 0) is 12.8 Å². The van der Waals surface area contributed by atoms with Crippen LogP contribution in [0.1, 0.15) is 53.8 Å². The molecule has 1 amide bonds. The first kappa shape index (κ1) is 18.5. The van der Waals surface area contributed by atoms with Gasteiger partial charge in [0.2, 0.25) is 0 Å². The van der Waals surface area contributed by atoms with Crippen LogP contribution >= 0.6 is 11.6 Å². The maximum absolute atomic E-state index is 13.3. The third-order valence-electron chi connectivity index (χ3n) is 5.82. The van der Waals surface area contributed by atoms with Crippen molar-refractivity contribution >= 4 is 17.5 Å². The van der Waals surface area contributed by atoms with Crippen molar-refractivity contribution in [3.05, 3.63) is 46.2 Å². The number of hydrogen-bond donors (Lipinski definition) is 1. The first-order valence-corrected chi connectivity index (χ1v) is 10.4. The molecule has 4 rings (SSSR count). The van der Waals surface area contributed by atoms with Gasteiger partial charge >= 0.3 is 0 Å². The van der Waals surface area contributed by atoms with Crippen LogP contribution in [0.4, 0.5) is 0 Å². The monoisotopic (exact) mass is 386 g/mol. The van der Waals surface area contributed by atoms with E-state index in [9.17, 15) is 4.79 Å². The third-order valence-corrected chi connectivity index (χ3v) is 6.07. The molecule has 0 bridgehead atoms. The van der Waals surface area contributed by atoms with Crippen LogP contribution in [-0.4, -0.2) is 46.8 Å². The summed E-state index contributed by atoms with van der Waals surface area (Å²) in [5.74, 6) is 0.0841. The fourth-order valence-electron chi connectivity index (χ4n) is 4.29. The van der Waals surface area contributed by atoms with E-state index in [0.29, 0.717) is 16.8 Å². The summed E-state index contributed by atoms with van der Waals surface area (Å²) in [6.45, 7) is 1.58. The molecule has 1 saturated heterocycles. The Balaban J connectivity index is 1.72. The van der Waals surface area contributed by atoms with E-state index in [1.54, 1.807) is 0 Å². The Bertz CT molecular complexity index is 814. The SMILES string of the molecule is CNC1CCCN(C(=O)c2nn(-c3ccc(Cl)cc3)c3c2CCCCC3)C1. The Labute approximate surface area is 165 Å². The number of aromatic nitrogens is 2. The lowest BCUT2D eigenvalue weighted by molar-refractivity contribution is 0.0690. The number of rotatable bonds is 3. The molecular formula is C21H27ClN4O. The number of amides is 1. The third kappa shape index (κ3) is 3.76. The van der Waals surface area contributed by atoms with E-state index in [4.69, 9.17) is 16.7 Å². The average Bonchev–Trinajstić information content (AvgIpc) is 2.89. The summed E-state index contributed by atoms with van der Waals surface area (Å²) >= 11 is 6.06. The molecule has 27 heavy (non-hydrogen) atoms. The Morgan fingerprint density at radius 2 is 1.93 bits per heavy atom. The molecule has 6 heteroatoms. The van der Waals surface area contributed by atoms with Gasteiger partial charge in [0.1, 0.15) is 0 Å². The number of benzene rings is 1. The fourth-order valence-corrected chi connectivity index (χ4v) is 4.42. The van der Waals surface area contributed by atoms with Gasteiger partial charge in [-0.2, -0.15) is 5.10 Å². The molecule has 0 radical (unpaired) electrons. The number of likely N-dealkylation sites (tertiary alicyclic amines) is 1. The van der Waals surface area contributed by atoms with Gasteiger partial charge in [0.15, 0.2) is 5.69 Å². The highest BCUT2D eigenvalue weighted by Crippen LogP contribution is 2.28. The molecule has 0 spiro atoms. The van der Waals surface area contributed by atoms with Gasteiger partial charge in [-0.3, -0.25) is 4.79 Å². The number of carbonyl (C=O) groups is 1. The number of likely N-dealkylation sites (N-methyl/N-ethyl adjacent to an activating group) is 1. The van der Waals surface area contributed by atoms with Crippen molar-refractivity contribution in [3.63, 3.8) is 0 Å². The van der Waals surface area contributed by atoms with E-state index in [2.05, 4.69) is 5.32 Å². The van der Waals surface area contributed by atoms with Gasteiger partial charge in [-0.15, -0.1) is 0 Å². The molecule has 2 aromatic rings. The predicted molar refractivity (Wildman–Crippen MR) is 108 cm³/mol. The van der Waals surface area contributed by atoms with Gasteiger partial charge in [-0.25, -0.2) is 4.68 Å². The number of hydrogen-bond acceptors (Lipinski definition) is 3. The molecule has 144 valence electrons. The lowest BCUT2D eigenvalue weighted by Gasteiger charge is -2.32. The van der Waals surface area contributed by atoms with Gasteiger partial charge in [-0.1, -0.05) is 18.0 Å². The van der Waals surface area contributed by atoms with E-state index < -0.39 is 0 Å². The summed E-state index contributed by atoms with van der Waals surface area (Å²) in [4.78, 5) is 15.3. The van der Waals surface area contributed by atoms with Crippen LogP contribution in [0.2, 0.25) is 5.02 Å². The fraction of sp³-hybridized carbons (Fsp3) is 0.524. The second kappa shape index (κ2) is 8.03. The summed E-state index contributed by atoms with van der Waals surface area (Å²) in [6.07, 6.45) is 7.54. The Morgan fingerprint density at radius 3 is 2.70 bits per heavy atom. The van der Waals surface area contributed by atoms with Gasteiger partial charge in [-0.05, 0) is 69.8 Å². The van der Waals surface area contributed by atoms with E-state index in [1.165, 1.54) is 12.1 Å². The summed E-state index contributed by atoms with van der Waals surface area (Å²) in [7, 11) is 1.97. The van der Waals surface area contributed by atoms with Crippen molar-refractivity contribution in [2.75, 3.05) is 20.1 Å². The minimum Gasteiger partial charge on any atom is -0.336 e. The zero-order valence-corrected chi connectivity index (χ0v) is 16.6. The molecule has 0 saturated carbocycles. The maximum atomic E-state index is 13.3. The minimum atomic E-state index is 0.0841. The average molecular weight is 387 g/mol. The topological polar surface area (TPSA) is 50.2 Å². The molecule has 1 atom stereocenters. The maximum Gasteiger partial charge on any atom is 0.274 e.